The van der Waals surface area contributed by atoms with Gasteiger partial charge in [-0.05, 0) is 6.42 Å². The standard InChI is InChI=1S/C13H18ClN5O2/c1-8(20)19-4-5-21-10-2-3-18(6-9(10)19)13-11(14)12(15)16-7-17-13/h7,9-10H,2-6H2,1H3,(H2,15,16,17). The highest BCUT2D eigenvalue weighted by Crippen LogP contribution is 2.31. The number of nitrogen functional groups attached to an aromatic ring is 1. The molecule has 0 spiro atoms. The molecule has 1 amide bonds. The normalized spacial score (nSPS) is 25.6. The molecule has 2 aliphatic heterocycles. The van der Waals surface area contributed by atoms with Crippen LogP contribution in [0.15, 0.2) is 6.33 Å². The summed E-state index contributed by atoms with van der Waals surface area (Å²) in [6.07, 6.45) is 2.31. The van der Waals surface area contributed by atoms with Gasteiger partial charge in [-0.1, -0.05) is 11.6 Å². The van der Waals surface area contributed by atoms with Crippen molar-refractivity contribution in [2.75, 3.05) is 36.9 Å². The molecular weight excluding hydrogens is 294 g/mol. The predicted molar refractivity (Wildman–Crippen MR) is 79.2 cm³/mol. The minimum atomic E-state index is 0.0252. The fourth-order valence-electron chi connectivity index (χ4n) is 3.05. The molecule has 2 unspecified atom stereocenters. The van der Waals surface area contributed by atoms with Crippen molar-refractivity contribution >= 4 is 29.1 Å². The lowest BCUT2D eigenvalue weighted by Gasteiger charge is -2.47. The Hall–Kier alpha value is -1.60. The molecule has 0 aromatic carbocycles. The van der Waals surface area contributed by atoms with E-state index in [0.717, 1.165) is 13.0 Å². The zero-order valence-corrected chi connectivity index (χ0v) is 12.6. The zero-order chi connectivity index (χ0) is 15.0. The van der Waals surface area contributed by atoms with Crippen LogP contribution in [0.4, 0.5) is 11.6 Å². The van der Waals surface area contributed by atoms with E-state index in [4.69, 9.17) is 22.1 Å². The molecule has 1 aromatic rings. The SMILES string of the molecule is CC(=O)N1CCOC2CCN(c3ncnc(N)c3Cl)CC21. The molecule has 3 heterocycles. The van der Waals surface area contributed by atoms with Crippen LogP contribution in [0.3, 0.4) is 0 Å². The molecule has 21 heavy (non-hydrogen) atoms. The van der Waals surface area contributed by atoms with Crippen molar-refractivity contribution in [1.82, 2.24) is 14.9 Å². The average molecular weight is 312 g/mol. The quantitative estimate of drug-likeness (QED) is 0.815. The molecule has 2 N–H and O–H groups in total. The summed E-state index contributed by atoms with van der Waals surface area (Å²) in [6, 6.07) is 0.0252. The van der Waals surface area contributed by atoms with E-state index in [2.05, 4.69) is 9.97 Å². The van der Waals surface area contributed by atoms with Gasteiger partial charge in [-0.3, -0.25) is 4.79 Å². The third-order valence-corrected chi connectivity index (χ3v) is 4.45. The Bertz CT molecular complexity index is 555. The van der Waals surface area contributed by atoms with E-state index in [1.54, 1.807) is 6.92 Å². The monoisotopic (exact) mass is 311 g/mol. The second-order valence-corrected chi connectivity index (χ2v) is 5.70. The third-order valence-electron chi connectivity index (χ3n) is 4.09. The van der Waals surface area contributed by atoms with Crippen LogP contribution in [-0.2, 0) is 9.53 Å². The molecule has 2 atom stereocenters. The molecule has 0 radical (unpaired) electrons. The van der Waals surface area contributed by atoms with Crippen molar-refractivity contribution in [2.24, 2.45) is 0 Å². The number of morpholine rings is 1. The summed E-state index contributed by atoms with van der Waals surface area (Å²) in [5.74, 6) is 0.965. The van der Waals surface area contributed by atoms with Crippen LogP contribution in [0.2, 0.25) is 5.02 Å². The molecule has 2 saturated heterocycles. The van der Waals surface area contributed by atoms with Gasteiger partial charge in [-0.15, -0.1) is 0 Å². The Morgan fingerprint density at radius 1 is 1.48 bits per heavy atom. The fraction of sp³-hybridized carbons (Fsp3) is 0.615. The number of aromatic nitrogens is 2. The van der Waals surface area contributed by atoms with Crippen molar-refractivity contribution in [2.45, 2.75) is 25.5 Å². The summed E-state index contributed by atoms with van der Waals surface area (Å²) in [4.78, 5) is 23.8. The summed E-state index contributed by atoms with van der Waals surface area (Å²) < 4.78 is 5.79. The van der Waals surface area contributed by atoms with E-state index in [-0.39, 0.29) is 23.9 Å². The summed E-state index contributed by atoms with van der Waals surface area (Å²) in [5, 5.41) is 0.363. The van der Waals surface area contributed by atoms with Crippen LogP contribution in [0.5, 0.6) is 0 Å². The van der Waals surface area contributed by atoms with Crippen molar-refractivity contribution in [3.05, 3.63) is 11.3 Å². The Morgan fingerprint density at radius 3 is 3.05 bits per heavy atom. The van der Waals surface area contributed by atoms with E-state index < -0.39 is 0 Å². The maximum absolute atomic E-state index is 11.8. The number of piperidine rings is 1. The first-order chi connectivity index (χ1) is 10.1. The van der Waals surface area contributed by atoms with Gasteiger partial charge < -0.3 is 20.3 Å². The maximum atomic E-state index is 11.8. The Morgan fingerprint density at radius 2 is 2.29 bits per heavy atom. The predicted octanol–water partition coefficient (Wildman–Crippen LogP) is 0.538. The van der Waals surface area contributed by atoms with Crippen molar-refractivity contribution in [3.63, 3.8) is 0 Å². The minimum absolute atomic E-state index is 0.0252. The summed E-state index contributed by atoms with van der Waals surface area (Å²) in [7, 11) is 0. The lowest BCUT2D eigenvalue weighted by molar-refractivity contribution is -0.145. The number of ether oxygens (including phenoxy) is 1. The van der Waals surface area contributed by atoms with E-state index in [1.165, 1.54) is 6.33 Å². The molecule has 2 aliphatic rings. The molecule has 3 rings (SSSR count). The van der Waals surface area contributed by atoms with Crippen LogP contribution in [0, 0.1) is 0 Å². The number of amides is 1. The van der Waals surface area contributed by atoms with Gasteiger partial charge in [0.1, 0.15) is 17.2 Å². The smallest absolute Gasteiger partial charge is 0.219 e. The van der Waals surface area contributed by atoms with Gasteiger partial charge >= 0.3 is 0 Å². The minimum Gasteiger partial charge on any atom is -0.382 e. The van der Waals surface area contributed by atoms with E-state index in [1.807, 2.05) is 9.80 Å². The number of nitrogens with zero attached hydrogens (tertiary/aromatic N) is 4. The number of halogens is 1. The molecule has 1 aromatic heterocycles. The number of hydrogen-bond donors (Lipinski definition) is 1. The number of hydrogen-bond acceptors (Lipinski definition) is 6. The summed E-state index contributed by atoms with van der Waals surface area (Å²) >= 11 is 6.20. The molecule has 7 nitrogen and oxygen atoms in total. The van der Waals surface area contributed by atoms with Gasteiger partial charge in [-0.25, -0.2) is 9.97 Å². The van der Waals surface area contributed by atoms with E-state index >= 15 is 0 Å². The lowest BCUT2D eigenvalue weighted by atomic mass is 9.98. The first-order valence-corrected chi connectivity index (χ1v) is 7.35. The van der Waals surface area contributed by atoms with Crippen LogP contribution in [-0.4, -0.2) is 59.2 Å². The molecule has 0 saturated carbocycles. The largest absolute Gasteiger partial charge is 0.382 e. The van der Waals surface area contributed by atoms with Crippen LogP contribution >= 0.6 is 11.6 Å². The molecule has 8 heteroatoms. The first-order valence-electron chi connectivity index (χ1n) is 6.97. The highest BCUT2D eigenvalue weighted by atomic mass is 35.5. The average Bonchev–Trinajstić information content (AvgIpc) is 2.48. The molecule has 114 valence electrons. The van der Waals surface area contributed by atoms with Gasteiger partial charge in [0.05, 0.1) is 18.8 Å². The molecule has 0 aliphatic carbocycles. The number of anilines is 2. The highest BCUT2D eigenvalue weighted by Gasteiger charge is 2.39. The summed E-state index contributed by atoms with van der Waals surface area (Å²) in [6.45, 7) is 4.23. The van der Waals surface area contributed by atoms with Crippen LogP contribution in [0.1, 0.15) is 13.3 Å². The molecule has 0 bridgehead atoms. The lowest BCUT2D eigenvalue weighted by Crippen LogP contribution is -2.61. The second-order valence-electron chi connectivity index (χ2n) is 5.32. The van der Waals surface area contributed by atoms with Gasteiger partial charge in [0, 0.05) is 26.6 Å². The number of fused-ring (bicyclic) bond motifs is 1. The van der Waals surface area contributed by atoms with Gasteiger partial charge in [0.15, 0.2) is 5.82 Å². The van der Waals surface area contributed by atoms with Crippen LogP contribution < -0.4 is 10.6 Å². The zero-order valence-electron chi connectivity index (χ0n) is 11.8. The van der Waals surface area contributed by atoms with Crippen LogP contribution in [0.25, 0.3) is 0 Å². The maximum Gasteiger partial charge on any atom is 0.219 e. The second kappa shape index (κ2) is 5.65. The van der Waals surface area contributed by atoms with E-state index in [9.17, 15) is 4.79 Å². The molecule has 2 fully saturated rings. The number of nitrogens with two attached hydrogens (primary N) is 1. The highest BCUT2D eigenvalue weighted by molar-refractivity contribution is 6.35. The van der Waals surface area contributed by atoms with Crippen molar-refractivity contribution in [1.29, 1.82) is 0 Å². The Labute approximate surface area is 128 Å². The first kappa shape index (κ1) is 14.3. The topological polar surface area (TPSA) is 84.6 Å². The fourth-order valence-corrected chi connectivity index (χ4v) is 3.27. The van der Waals surface area contributed by atoms with Crippen molar-refractivity contribution in [3.8, 4) is 0 Å². The number of carbonyl (C=O) groups is 1. The van der Waals surface area contributed by atoms with Crippen molar-refractivity contribution < 1.29 is 9.53 Å². The third kappa shape index (κ3) is 2.63. The summed E-state index contributed by atoms with van der Waals surface area (Å²) in [5.41, 5.74) is 5.74. The number of carbonyl (C=O) groups excluding carboxylic acids is 1. The van der Waals surface area contributed by atoms with Gasteiger partial charge in [0.2, 0.25) is 5.91 Å². The molecular formula is C13H18ClN5O2. The van der Waals surface area contributed by atoms with E-state index in [0.29, 0.717) is 30.5 Å². The number of rotatable bonds is 1. The Kier molecular flexibility index (Phi) is 3.86. The Balaban J connectivity index is 1.84. The van der Waals surface area contributed by atoms with Gasteiger partial charge in [-0.2, -0.15) is 0 Å². The van der Waals surface area contributed by atoms with Gasteiger partial charge in [0.25, 0.3) is 0 Å².